The number of aryl methyl sites for hydroxylation is 1. The molecular formula is C25H18F3NS. The van der Waals surface area contributed by atoms with Gasteiger partial charge in [0.15, 0.2) is 5.82 Å². The van der Waals surface area contributed by atoms with E-state index in [-0.39, 0.29) is 16.8 Å². The highest BCUT2D eigenvalue weighted by atomic mass is 32.1. The lowest BCUT2D eigenvalue weighted by Gasteiger charge is -2.06. The van der Waals surface area contributed by atoms with Crippen LogP contribution < -0.4 is 0 Å². The number of hydrogen-bond donors (Lipinski definition) is 0. The summed E-state index contributed by atoms with van der Waals surface area (Å²) in [6.45, 7) is 2.13. The van der Waals surface area contributed by atoms with Crippen molar-refractivity contribution in [1.82, 2.24) is 0 Å². The number of nitrogens with zero attached hydrogens (tertiary/aromatic N) is 1. The number of hydrogen-bond acceptors (Lipinski definition) is 2. The molecule has 0 aliphatic carbocycles. The molecule has 0 radical (unpaired) electrons. The molecule has 1 nitrogen and oxygen atoms in total. The van der Waals surface area contributed by atoms with Gasteiger partial charge in [0.2, 0.25) is 0 Å². The minimum Gasteiger partial charge on any atom is -0.205 e. The highest BCUT2D eigenvalue weighted by molar-refractivity contribution is 7.78. The minimum atomic E-state index is -0.769. The summed E-state index contributed by atoms with van der Waals surface area (Å²) in [4.78, 5) is 3.57. The first kappa shape index (κ1) is 21.5. The van der Waals surface area contributed by atoms with Crippen LogP contribution in [0.1, 0.15) is 36.5 Å². The van der Waals surface area contributed by atoms with Crippen LogP contribution in [-0.2, 0) is 6.42 Å². The fraction of sp³-hybridized carbons (Fsp3) is 0.160. The Morgan fingerprint density at radius 3 is 2.13 bits per heavy atom. The van der Waals surface area contributed by atoms with Crippen molar-refractivity contribution < 1.29 is 13.2 Å². The van der Waals surface area contributed by atoms with Gasteiger partial charge in [-0.05, 0) is 72.1 Å². The predicted octanol–water partition coefficient (Wildman–Crippen LogP) is 7.25. The molecule has 3 rings (SSSR count). The van der Waals surface area contributed by atoms with Crippen molar-refractivity contribution in [2.45, 2.75) is 26.2 Å². The Hall–Kier alpha value is -3.19. The zero-order chi connectivity index (χ0) is 21.5. The number of aliphatic imine (C=N–C) groups is 1. The molecule has 0 heterocycles. The molecule has 0 fully saturated rings. The smallest absolute Gasteiger partial charge is 0.150 e. The van der Waals surface area contributed by atoms with Crippen LogP contribution in [-0.4, -0.2) is 5.16 Å². The van der Waals surface area contributed by atoms with Crippen molar-refractivity contribution in [2.24, 2.45) is 4.99 Å². The van der Waals surface area contributed by atoms with Gasteiger partial charge in [-0.25, -0.2) is 13.2 Å². The van der Waals surface area contributed by atoms with Crippen molar-refractivity contribution in [2.75, 3.05) is 0 Å². The van der Waals surface area contributed by atoms with Crippen LogP contribution in [0.25, 0.3) is 11.1 Å². The van der Waals surface area contributed by atoms with Crippen molar-refractivity contribution >= 4 is 23.1 Å². The average molecular weight is 421 g/mol. The Morgan fingerprint density at radius 1 is 0.833 bits per heavy atom. The van der Waals surface area contributed by atoms with E-state index < -0.39 is 17.5 Å². The molecule has 0 aromatic heterocycles. The third-order valence-corrected chi connectivity index (χ3v) is 4.69. The second-order valence-corrected chi connectivity index (χ2v) is 6.92. The van der Waals surface area contributed by atoms with Gasteiger partial charge in [-0.1, -0.05) is 49.5 Å². The first-order valence-corrected chi connectivity index (χ1v) is 9.90. The van der Waals surface area contributed by atoms with Gasteiger partial charge in [0.25, 0.3) is 0 Å². The molecule has 5 heteroatoms. The third kappa shape index (κ3) is 5.24. The first-order valence-electron chi connectivity index (χ1n) is 9.49. The van der Waals surface area contributed by atoms with Crippen LogP contribution in [0.3, 0.4) is 0 Å². The molecule has 0 atom stereocenters. The van der Waals surface area contributed by atoms with E-state index in [0.29, 0.717) is 5.56 Å². The number of rotatable bonds is 5. The lowest BCUT2D eigenvalue weighted by Crippen LogP contribution is -1.93. The molecular weight excluding hydrogens is 403 g/mol. The maximum Gasteiger partial charge on any atom is 0.150 e. The van der Waals surface area contributed by atoms with Crippen LogP contribution in [0.5, 0.6) is 0 Å². The van der Waals surface area contributed by atoms with Crippen molar-refractivity contribution in [3.05, 3.63) is 88.7 Å². The van der Waals surface area contributed by atoms with Crippen LogP contribution in [0.2, 0.25) is 0 Å². The summed E-state index contributed by atoms with van der Waals surface area (Å²) < 4.78 is 42.9. The molecule has 0 spiro atoms. The highest BCUT2D eigenvalue weighted by Gasteiger charge is 2.11. The minimum absolute atomic E-state index is 0.0259. The maximum atomic E-state index is 14.5. The van der Waals surface area contributed by atoms with E-state index in [1.54, 1.807) is 0 Å². The summed E-state index contributed by atoms with van der Waals surface area (Å²) in [6, 6.07) is 14.2. The Morgan fingerprint density at radius 2 is 1.53 bits per heavy atom. The Labute approximate surface area is 179 Å². The van der Waals surface area contributed by atoms with Gasteiger partial charge in [0, 0.05) is 5.56 Å². The zero-order valence-electron chi connectivity index (χ0n) is 16.3. The second-order valence-electron chi connectivity index (χ2n) is 6.73. The molecule has 150 valence electrons. The lowest BCUT2D eigenvalue weighted by molar-refractivity contribution is 0.578. The molecule has 3 aromatic rings. The summed E-state index contributed by atoms with van der Waals surface area (Å²) in [6.07, 6.45) is 3.19. The van der Waals surface area contributed by atoms with Gasteiger partial charge in [0.1, 0.15) is 17.3 Å². The van der Waals surface area contributed by atoms with Crippen molar-refractivity contribution in [1.29, 1.82) is 0 Å². The molecule has 3 aromatic carbocycles. The number of isothiocyanates is 1. The van der Waals surface area contributed by atoms with E-state index in [9.17, 15) is 13.2 Å². The largest absolute Gasteiger partial charge is 0.205 e. The van der Waals surface area contributed by atoms with E-state index in [1.807, 2.05) is 24.3 Å². The first-order chi connectivity index (χ1) is 14.5. The standard InChI is InChI=1S/C25H18F3NS/c1-2-3-4-17-5-9-19(10-6-17)20-14-22(26)21(23(27)15-20)11-7-18-8-12-25(29-16-30)24(28)13-18/h5-6,8-10,12-15H,2-4H2,1H3. The van der Waals surface area contributed by atoms with Gasteiger partial charge in [-0.3, -0.25) is 0 Å². The maximum absolute atomic E-state index is 14.5. The predicted molar refractivity (Wildman–Crippen MR) is 117 cm³/mol. The average Bonchev–Trinajstić information content (AvgIpc) is 2.74. The highest BCUT2D eigenvalue weighted by Crippen LogP contribution is 2.25. The van der Waals surface area contributed by atoms with Crippen LogP contribution in [0, 0.1) is 29.3 Å². The van der Waals surface area contributed by atoms with Gasteiger partial charge in [-0.2, -0.15) is 4.99 Å². The monoisotopic (exact) mass is 421 g/mol. The molecule has 0 saturated heterocycles. The molecule has 0 aliphatic rings. The van der Waals surface area contributed by atoms with Gasteiger partial charge < -0.3 is 0 Å². The molecule has 0 aliphatic heterocycles. The van der Waals surface area contributed by atoms with Crippen LogP contribution >= 0.6 is 12.2 Å². The Balaban J connectivity index is 1.86. The summed E-state index contributed by atoms with van der Waals surface area (Å²) in [5.41, 5.74) is 2.29. The summed E-state index contributed by atoms with van der Waals surface area (Å²) in [5.74, 6) is 2.86. The molecule has 0 saturated carbocycles. The fourth-order valence-electron chi connectivity index (χ4n) is 2.96. The van der Waals surface area contributed by atoms with E-state index >= 15 is 0 Å². The summed E-state index contributed by atoms with van der Waals surface area (Å²) in [5, 5.41) is 2.08. The van der Waals surface area contributed by atoms with Crippen molar-refractivity contribution in [3.8, 4) is 23.0 Å². The van der Waals surface area contributed by atoms with Crippen LogP contribution in [0.4, 0.5) is 18.9 Å². The fourth-order valence-corrected chi connectivity index (χ4v) is 3.06. The van der Waals surface area contributed by atoms with Gasteiger partial charge in [-0.15, -0.1) is 0 Å². The van der Waals surface area contributed by atoms with Gasteiger partial charge in [0.05, 0.1) is 10.7 Å². The SMILES string of the molecule is CCCCc1ccc(-c2cc(F)c(C#Cc3ccc(N=C=S)c(F)c3)c(F)c2)cc1. The lowest BCUT2D eigenvalue weighted by atomic mass is 10.00. The third-order valence-electron chi connectivity index (χ3n) is 4.59. The number of unbranched alkanes of at least 4 members (excludes halogenated alkanes) is 1. The zero-order valence-corrected chi connectivity index (χ0v) is 17.1. The molecule has 0 amide bonds. The normalized spacial score (nSPS) is 10.1. The topological polar surface area (TPSA) is 12.4 Å². The molecule has 30 heavy (non-hydrogen) atoms. The number of benzene rings is 3. The molecule has 0 N–H and O–H groups in total. The summed E-state index contributed by atoms with van der Waals surface area (Å²) >= 11 is 4.44. The van der Waals surface area contributed by atoms with Crippen molar-refractivity contribution in [3.63, 3.8) is 0 Å². The number of halogens is 3. The number of thiocarbonyl (C=S) groups is 1. The Kier molecular flexibility index (Phi) is 7.19. The van der Waals surface area contributed by atoms with Crippen LogP contribution in [0.15, 0.2) is 59.6 Å². The van der Waals surface area contributed by atoms with E-state index in [4.69, 9.17) is 0 Å². The Bertz CT molecular complexity index is 1140. The molecule has 0 bridgehead atoms. The quantitative estimate of drug-likeness (QED) is 0.240. The summed E-state index contributed by atoms with van der Waals surface area (Å²) in [7, 11) is 0. The van der Waals surface area contributed by atoms with E-state index in [1.165, 1.54) is 29.8 Å². The van der Waals surface area contributed by atoms with E-state index in [0.717, 1.165) is 30.9 Å². The second kappa shape index (κ2) is 10.0. The van der Waals surface area contributed by atoms with E-state index in [2.05, 4.69) is 41.1 Å². The van der Waals surface area contributed by atoms with Gasteiger partial charge >= 0.3 is 0 Å². The molecule has 0 unspecified atom stereocenters.